The van der Waals surface area contributed by atoms with Gasteiger partial charge < -0.3 is 0 Å². The van der Waals surface area contributed by atoms with Gasteiger partial charge in [0.25, 0.3) is 0 Å². The third kappa shape index (κ3) is 1.15. The molecule has 0 amide bonds. The van der Waals surface area contributed by atoms with Crippen LogP contribution in [0.15, 0.2) is 28.1 Å². The summed E-state index contributed by atoms with van der Waals surface area (Å²) in [6.07, 6.45) is 1.52. The zero-order valence-corrected chi connectivity index (χ0v) is 6.88. The van der Waals surface area contributed by atoms with Gasteiger partial charge >= 0.3 is 0 Å². The molecule has 0 saturated carbocycles. The van der Waals surface area contributed by atoms with Gasteiger partial charge in [0.1, 0.15) is 11.7 Å². The van der Waals surface area contributed by atoms with E-state index in [1.54, 1.807) is 0 Å². The fourth-order valence-corrected chi connectivity index (χ4v) is 1.40. The van der Waals surface area contributed by atoms with E-state index in [1.807, 2.05) is 23.6 Å². The van der Waals surface area contributed by atoms with Crippen molar-refractivity contribution in [3.05, 3.63) is 18.2 Å². The van der Waals surface area contributed by atoms with Crippen LogP contribution in [0.4, 0.5) is 11.4 Å². The molecular weight excluding hydrogens is 170 g/mol. The number of benzene rings is 1. The molecule has 12 heavy (non-hydrogen) atoms. The van der Waals surface area contributed by atoms with Gasteiger partial charge in [-0.25, -0.2) is 10.3 Å². The van der Waals surface area contributed by atoms with Crippen molar-refractivity contribution in [2.24, 2.45) is 4.99 Å². The lowest BCUT2D eigenvalue weighted by atomic mass is 10.3. The minimum atomic E-state index is 0.843. The Morgan fingerprint density at radius 1 is 1.33 bits per heavy atom. The summed E-state index contributed by atoms with van der Waals surface area (Å²) in [5.41, 5.74) is 1.72. The van der Waals surface area contributed by atoms with Crippen LogP contribution in [0, 0.1) is 10.7 Å². The Morgan fingerprint density at radius 3 is 3.08 bits per heavy atom. The molecule has 1 heterocycles. The normalized spacial score (nSPS) is 11.9. The number of thiocyanates is 1. The Hall–Kier alpha value is -1.47. The summed E-state index contributed by atoms with van der Waals surface area (Å²) in [5.74, 6) is 0. The van der Waals surface area contributed by atoms with E-state index in [9.17, 15) is 0 Å². The highest BCUT2D eigenvalue weighted by atomic mass is 32.2. The predicted octanol–water partition coefficient (Wildman–Crippen LogP) is 2.17. The van der Waals surface area contributed by atoms with E-state index in [0.717, 1.165) is 28.0 Å². The Morgan fingerprint density at radius 2 is 2.25 bits per heavy atom. The van der Waals surface area contributed by atoms with Crippen LogP contribution in [0.3, 0.4) is 0 Å². The summed E-state index contributed by atoms with van der Waals surface area (Å²) in [7, 11) is 0. The summed E-state index contributed by atoms with van der Waals surface area (Å²) in [5, 5.41) is 14.4. The van der Waals surface area contributed by atoms with Gasteiger partial charge in [-0.15, -0.1) is 0 Å². The van der Waals surface area contributed by atoms with E-state index in [-0.39, 0.29) is 0 Å². The molecule has 1 radical (unpaired) electrons. The zero-order chi connectivity index (χ0) is 8.39. The number of aliphatic imine (C=N–C) groups is 1. The Labute approximate surface area is 74.1 Å². The van der Waals surface area contributed by atoms with Gasteiger partial charge in [-0.2, -0.15) is 5.26 Å². The van der Waals surface area contributed by atoms with Crippen molar-refractivity contribution in [3.8, 4) is 5.40 Å². The van der Waals surface area contributed by atoms with Crippen molar-refractivity contribution in [2.45, 2.75) is 4.90 Å². The van der Waals surface area contributed by atoms with E-state index in [2.05, 4.69) is 10.3 Å². The highest BCUT2D eigenvalue weighted by Crippen LogP contribution is 2.32. The molecule has 1 aliphatic rings. The fourth-order valence-electron chi connectivity index (χ4n) is 0.985. The average Bonchev–Trinajstić information content (AvgIpc) is 2.51. The third-order valence-electron chi connectivity index (χ3n) is 1.50. The largest absolute Gasteiger partial charge is 0.235 e. The maximum atomic E-state index is 8.42. The van der Waals surface area contributed by atoms with Gasteiger partial charge in [0.2, 0.25) is 0 Å². The molecule has 0 bridgehead atoms. The smallest absolute Gasteiger partial charge is 0.138 e. The summed E-state index contributed by atoms with van der Waals surface area (Å²) >= 11 is 1.13. The maximum Gasteiger partial charge on any atom is 0.138 e. The van der Waals surface area contributed by atoms with Crippen molar-refractivity contribution in [3.63, 3.8) is 0 Å². The SMILES string of the molecule is N#CSc1ccc2c(c1)N=C[N]2. The molecule has 0 aromatic heterocycles. The van der Waals surface area contributed by atoms with Crippen LogP contribution >= 0.6 is 11.8 Å². The highest BCUT2D eigenvalue weighted by Gasteiger charge is 2.07. The molecule has 0 unspecified atom stereocenters. The highest BCUT2D eigenvalue weighted by molar-refractivity contribution is 8.03. The van der Waals surface area contributed by atoms with E-state index in [1.165, 1.54) is 6.34 Å². The minimum Gasteiger partial charge on any atom is -0.235 e. The van der Waals surface area contributed by atoms with E-state index >= 15 is 0 Å². The lowest BCUT2D eigenvalue weighted by molar-refractivity contribution is 1.33. The third-order valence-corrected chi connectivity index (χ3v) is 2.08. The molecule has 0 atom stereocenters. The van der Waals surface area contributed by atoms with Gasteiger partial charge in [0.05, 0.1) is 11.4 Å². The maximum absolute atomic E-state index is 8.42. The number of thioether (sulfide) groups is 1. The van der Waals surface area contributed by atoms with Gasteiger partial charge in [-0.1, -0.05) is 0 Å². The van der Waals surface area contributed by atoms with Crippen LogP contribution in [0.25, 0.3) is 0 Å². The van der Waals surface area contributed by atoms with Crippen LogP contribution in [-0.4, -0.2) is 6.34 Å². The second-order valence-corrected chi connectivity index (χ2v) is 3.08. The van der Waals surface area contributed by atoms with Crippen LogP contribution in [0.5, 0.6) is 0 Å². The lowest BCUT2D eigenvalue weighted by Crippen LogP contribution is -1.84. The minimum absolute atomic E-state index is 0.843. The molecule has 0 fully saturated rings. The van der Waals surface area contributed by atoms with E-state index < -0.39 is 0 Å². The second kappa shape index (κ2) is 2.88. The number of nitrogens with zero attached hydrogens (tertiary/aromatic N) is 3. The molecule has 0 spiro atoms. The van der Waals surface area contributed by atoms with Gasteiger partial charge in [-0.3, -0.25) is 0 Å². The van der Waals surface area contributed by atoms with Gasteiger partial charge in [0.15, 0.2) is 0 Å². The number of hydrogen-bond donors (Lipinski definition) is 0. The van der Waals surface area contributed by atoms with Crippen molar-refractivity contribution in [1.29, 1.82) is 5.26 Å². The summed E-state index contributed by atoms with van der Waals surface area (Å²) in [4.78, 5) is 4.94. The van der Waals surface area contributed by atoms with Crippen LogP contribution in [0.1, 0.15) is 0 Å². The number of hydrogen-bond acceptors (Lipinski definition) is 3. The number of nitriles is 1. The number of fused-ring (bicyclic) bond motifs is 1. The number of rotatable bonds is 1. The molecule has 0 saturated heterocycles. The van der Waals surface area contributed by atoms with E-state index in [0.29, 0.717) is 0 Å². The van der Waals surface area contributed by atoms with Crippen LogP contribution < -0.4 is 5.32 Å². The molecule has 57 valence electrons. The second-order valence-electron chi connectivity index (χ2n) is 2.22. The van der Waals surface area contributed by atoms with E-state index in [4.69, 9.17) is 5.26 Å². The van der Waals surface area contributed by atoms with Crippen LogP contribution in [-0.2, 0) is 0 Å². The van der Waals surface area contributed by atoms with Gasteiger partial charge in [-0.05, 0) is 30.0 Å². The van der Waals surface area contributed by atoms with Crippen LogP contribution in [0.2, 0.25) is 0 Å². The van der Waals surface area contributed by atoms with Crippen molar-refractivity contribution >= 4 is 29.5 Å². The fraction of sp³-hybridized carbons (Fsp3) is 0. The first-order valence-electron chi connectivity index (χ1n) is 3.33. The topological polar surface area (TPSA) is 50.2 Å². The predicted molar refractivity (Wildman–Crippen MR) is 47.9 cm³/mol. The van der Waals surface area contributed by atoms with Gasteiger partial charge in [0, 0.05) is 4.90 Å². The van der Waals surface area contributed by atoms with Crippen molar-refractivity contribution < 1.29 is 0 Å². The monoisotopic (exact) mass is 174 g/mol. The molecule has 1 aromatic rings. The molecule has 0 N–H and O–H groups in total. The molecule has 4 heteroatoms. The first-order valence-corrected chi connectivity index (χ1v) is 4.15. The Bertz CT molecular complexity index is 378. The molecule has 1 aromatic carbocycles. The summed E-state index contributed by atoms with van der Waals surface area (Å²) < 4.78 is 0. The zero-order valence-electron chi connectivity index (χ0n) is 6.06. The van der Waals surface area contributed by atoms with Crippen molar-refractivity contribution in [2.75, 3.05) is 0 Å². The molecule has 3 nitrogen and oxygen atoms in total. The van der Waals surface area contributed by atoms with Crippen molar-refractivity contribution in [1.82, 2.24) is 5.32 Å². The average molecular weight is 174 g/mol. The lowest BCUT2D eigenvalue weighted by Gasteiger charge is -1.96. The Kier molecular flexibility index (Phi) is 1.72. The first-order chi connectivity index (χ1) is 5.90. The first kappa shape index (κ1) is 7.19. The molecule has 1 aliphatic heterocycles. The molecule has 2 rings (SSSR count). The quantitative estimate of drug-likeness (QED) is 0.484. The standard InChI is InChI=1S/C8H4N3S/c9-4-12-6-1-2-7-8(3-6)11-5-10-7/h1-3,5H. The molecular formula is C8H4N3S. The Balaban J connectivity index is 2.39. The summed E-state index contributed by atoms with van der Waals surface area (Å²) in [6, 6.07) is 5.59. The summed E-state index contributed by atoms with van der Waals surface area (Å²) in [6.45, 7) is 0. The molecule has 0 aliphatic carbocycles.